The van der Waals surface area contributed by atoms with E-state index in [-0.39, 0.29) is 11.3 Å². The molecular formula is C12H22ClN5O. The highest BCUT2D eigenvalue weighted by Gasteiger charge is 2.17. The van der Waals surface area contributed by atoms with Crippen molar-refractivity contribution in [1.29, 1.82) is 0 Å². The number of nitrogens with one attached hydrogen (secondary N) is 1. The van der Waals surface area contributed by atoms with Crippen molar-refractivity contribution in [3.05, 3.63) is 5.28 Å². The van der Waals surface area contributed by atoms with E-state index in [9.17, 15) is 0 Å². The summed E-state index contributed by atoms with van der Waals surface area (Å²) in [5.41, 5.74) is 0. The van der Waals surface area contributed by atoms with Crippen LogP contribution in [0.5, 0.6) is 0 Å². The monoisotopic (exact) mass is 287 g/mol. The molecule has 1 unspecified atom stereocenters. The van der Waals surface area contributed by atoms with Gasteiger partial charge in [0.15, 0.2) is 0 Å². The molecule has 0 aliphatic rings. The fraction of sp³-hybridized carbons (Fsp3) is 0.750. The first-order valence-corrected chi connectivity index (χ1v) is 6.91. The first-order valence-electron chi connectivity index (χ1n) is 6.53. The maximum atomic E-state index is 5.95. The highest BCUT2D eigenvalue weighted by molar-refractivity contribution is 6.28. The van der Waals surface area contributed by atoms with Crippen LogP contribution in [-0.4, -0.2) is 47.8 Å². The maximum absolute atomic E-state index is 5.95. The van der Waals surface area contributed by atoms with Gasteiger partial charge in [-0.15, -0.1) is 0 Å². The molecular weight excluding hydrogens is 266 g/mol. The van der Waals surface area contributed by atoms with Crippen LogP contribution in [0.25, 0.3) is 0 Å². The Morgan fingerprint density at radius 2 is 2.05 bits per heavy atom. The van der Waals surface area contributed by atoms with Gasteiger partial charge in [0.1, 0.15) is 0 Å². The second-order valence-corrected chi connectivity index (χ2v) is 4.58. The average molecular weight is 288 g/mol. The van der Waals surface area contributed by atoms with E-state index in [1.807, 2.05) is 11.8 Å². The molecule has 1 atom stereocenters. The molecule has 1 N–H and O–H groups in total. The van der Waals surface area contributed by atoms with Crippen LogP contribution in [0.1, 0.15) is 27.2 Å². The van der Waals surface area contributed by atoms with Crippen LogP contribution in [0.15, 0.2) is 0 Å². The second kappa shape index (κ2) is 8.12. The van der Waals surface area contributed by atoms with Gasteiger partial charge >= 0.3 is 0 Å². The van der Waals surface area contributed by atoms with Crippen LogP contribution in [-0.2, 0) is 4.74 Å². The number of rotatable bonds is 8. The lowest BCUT2D eigenvalue weighted by molar-refractivity contribution is 0.181. The Balaban J connectivity index is 2.92. The van der Waals surface area contributed by atoms with Gasteiger partial charge in [0.05, 0.1) is 12.6 Å². The lowest BCUT2D eigenvalue weighted by Crippen LogP contribution is -2.37. The average Bonchev–Trinajstić information content (AvgIpc) is 2.37. The van der Waals surface area contributed by atoms with Crippen LogP contribution < -0.4 is 10.2 Å². The summed E-state index contributed by atoms with van der Waals surface area (Å²) in [5, 5.41) is 3.32. The molecule has 1 rings (SSSR count). The van der Waals surface area contributed by atoms with Crippen LogP contribution in [0.2, 0.25) is 5.28 Å². The SMILES string of the molecule is CCCNc1nc(Cl)nc(N(CC)C(C)COC)n1. The summed E-state index contributed by atoms with van der Waals surface area (Å²) in [6, 6.07) is 0.174. The summed E-state index contributed by atoms with van der Waals surface area (Å²) in [5.74, 6) is 1.09. The standard InChI is InChI=1S/C12H22ClN5O/c1-5-7-14-11-15-10(13)16-12(17-11)18(6-2)9(3)8-19-4/h9H,5-8H2,1-4H3,(H,14,15,16,17). The van der Waals surface area contributed by atoms with Gasteiger partial charge in [-0.25, -0.2) is 0 Å². The number of nitrogens with zero attached hydrogens (tertiary/aromatic N) is 4. The van der Waals surface area contributed by atoms with Crippen molar-refractivity contribution < 1.29 is 4.74 Å². The third-order valence-electron chi connectivity index (χ3n) is 2.67. The molecule has 0 aliphatic carbocycles. The first-order chi connectivity index (χ1) is 9.12. The number of aromatic nitrogens is 3. The van der Waals surface area contributed by atoms with Crippen LogP contribution in [0.4, 0.5) is 11.9 Å². The third-order valence-corrected chi connectivity index (χ3v) is 2.84. The van der Waals surface area contributed by atoms with Gasteiger partial charge in [-0.1, -0.05) is 6.92 Å². The Labute approximate surface area is 119 Å². The third kappa shape index (κ3) is 4.80. The summed E-state index contributed by atoms with van der Waals surface area (Å²) in [7, 11) is 1.68. The van der Waals surface area contributed by atoms with Gasteiger partial charge in [-0.05, 0) is 31.9 Å². The predicted octanol–water partition coefficient (Wildman–Crippen LogP) is 2.21. The molecule has 0 radical (unpaired) electrons. The Morgan fingerprint density at radius 1 is 1.32 bits per heavy atom. The molecule has 1 heterocycles. The zero-order valence-corrected chi connectivity index (χ0v) is 12.7. The van der Waals surface area contributed by atoms with Gasteiger partial charge in [0.2, 0.25) is 17.2 Å². The summed E-state index contributed by atoms with van der Waals surface area (Å²) in [6.07, 6.45) is 0.996. The molecule has 0 amide bonds. The molecule has 0 spiro atoms. The van der Waals surface area contributed by atoms with Gasteiger partial charge in [-0.2, -0.15) is 15.0 Å². The Morgan fingerprint density at radius 3 is 2.63 bits per heavy atom. The van der Waals surface area contributed by atoms with Crippen molar-refractivity contribution in [3.63, 3.8) is 0 Å². The molecule has 0 fully saturated rings. The van der Waals surface area contributed by atoms with E-state index >= 15 is 0 Å². The van der Waals surface area contributed by atoms with Gasteiger partial charge < -0.3 is 15.0 Å². The van der Waals surface area contributed by atoms with E-state index in [2.05, 4.69) is 34.1 Å². The van der Waals surface area contributed by atoms with E-state index in [0.717, 1.165) is 19.5 Å². The van der Waals surface area contributed by atoms with Crippen molar-refractivity contribution in [1.82, 2.24) is 15.0 Å². The Kier molecular flexibility index (Phi) is 6.80. The minimum absolute atomic E-state index is 0.174. The normalized spacial score (nSPS) is 12.3. The lowest BCUT2D eigenvalue weighted by Gasteiger charge is -2.27. The van der Waals surface area contributed by atoms with E-state index < -0.39 is 0 Å². The molecule has 7 heteroatoms. The maximum Gasteiger partial charge on any atom is 0.231 e. The molecule has 0 bridgehead atoms. The van der Waals surface area contributed by atoms with E-state index in [0.29, 0.717) is 18.5 Å². The quantitative estimate of drug-likeness (QED) is 0.791. The molecule has 0 aliphatic heterocycles. The first kappa shape index (κ1) is 15.9. The highest BCUT2D eigenvalue weighted by atomic mass is 35.5. The number of hydrogen-bond donors (Lipinski definition) is 1. The zero-order chi connectivity index (χ0) is 14.3. The number of halogens is 1. The predicted molar refractivity (Wildman–Crippen MR) is 78.0 cm³/mol. The summed E-state index contributed by atoms with van der Waals surface area (Å²) in [4.78, 5) is 14.7. The molecule has 19 heavy (non-hydrogen) atoms. The van der Waals surface area contributed by atoms with E-state index in [1.54, 1.807) is 7.11 Å². The summed E-state index contributed by atoms with van der Waals surface area (Å²) in [6.45, 7) is 8.37. The van der Waals surface area contributed by atoms with Crippen molar-refractivity contribution in [2.75, 3.05) is 37.0 Å². The summed E-state index contributed by atoms with van der Waals surface area (Å²) >= 11 is 5.95. The number of anilines is 2. The molecule has 0 aromatic carbocycles. The highest BCUT2D eigenvalue weighted by Crippen LogP contribution is 2.16. The fourth-order valence-corrected chi connectivity index (χ4v) is 1.92. The topological polar surface area (TPSA) is 63.2 Å². The second-order valence-electron chi connectivity index (χ2n) is 4.25. The van der Waals surface area contributed by atoms with E-state index in [1.165, 1.54) is 0 Å². The molecule has 1 aromatic rings. The molecule has 108 valence electrons. The van der Waals surface area contributed by atoms with Crippen molar-refractivity contribution in [3.8, 4) is 0 Å². The van der Waals surface area contributed by atoms with Crippen LogP contribution in [0, 0.1) is 0 Å². The van der Waals surface area contributed by atoms with E-state index in [4.69, 9.17) is 16.3 Å². The largest absolute Gasteiger partial charge is 0.383 e. The fourth-order valence-electron chi connectivity index (χ4n) is 1.77. The Bertz CT molecular complexity index is 390. The molecule has 1 aromatic heterocycles. The lowest BCUT2D eigenvalue weighted by atomic mass is 10.3. The number of hydrogen-bond acceptors (Lipinski definition) is 6. The number of methoxy groups -OCH3 is 1. The minimum atomic E-state index is 0.174. The number of likely N-dealkylation sites (N-methyl/N-ethyl adjacent to an activating group) is 1. The molecule has 6 nitrogen and oxygen atoms in total. The van der Waals surface area contributed by atoms with Crippen LogP contribution >= 0.6 is 11.6 Å². The molecule has 0 saturated carbocycles. The van der Waals surface area contributed by atoms with Crippen LogP contribution in [0.3, 0.4) is 0 Å². The summed E-state index contributed by atoms with van der Waals surface area (Å²) < 4.78 is 5.17. The molecule has 0 saturated heterocycles. The van der Waals surface area contributed by atoms with Crippen molar-refractivity contribution >= 4 is 23.5 Å². The van der Waals surface area contributed by atoms with Gasteiger partial charge in [-0.3, -0.25) is 0 Å². The van der Waals surface area contributed by atoms with Crippen molar-refractivity contribution in [2.24, 2.45) is 0 Å². The Hall–Kier alpha value is -1.14. The van der Waals surface area contributed by atoms with Crippen molar-refractivity contribution in [2.45, 2.75) is 33.2 Å². The zero-order valence-electron chi connectivity index (χ0n) is 12.0. The van der Waals surface area contributed by atoms with Gasteiger partial charge in [0, 0.05) is 20.2 Å². The smallest absolute Gasteiger partial charge is 0.231 e. The van der Waals surface area contributed by atoms with Gasteiger partial charge in [0.25, 0.3) is 0 Å². The minimum Gasteiger partial charge on any atom is -0.383 e. The number of ether oxygens (including phenoxy) is 1.